The molecule has 0 saturated carbocycles. The van der Waals surface area contributed by atoms with Gasteiger partial charge in [-0.1, -0.05) is 18.2 Å². The van der Waals surface area contributed by atoms with Gasteiger partial charge in [-0.3, -0.25) is 4.57 Å². The molecule has 3 aromatic rings. The minimum Gasteiger partial charge on any atom is -0.368 e. The first-order valence-corrected chi connectivity index (χ1v) is 10.1. The van der Waals surface area contributed by atoms with Crippen molar-refractivity contribution in [3.63, 3.8) is 0 Å². The van der Waals surface area contributed by atoms with Crippen LogP contribution in [0.3, 0.4) is 0 Å². The predicted octanol–water partition coefficient (Wildman–Crippen LogP) is 2.41. The summed E-state index contributed by atoms with van der Waals surface area (Å²) in [7, 11) is -3.76. The number of nitrogens with zero attached hydrogens (tertiary/aromatic N) is 2. The first-order valence-electron chi connectivity index (χ1n) is 8.42. The third kappa shape index (κ3) is 4.57. The number of halogens is 3. The summed E-state index contributed by atoms with van der Waals surface area (Å²) in [5, 5.41) is 7.85. The maximum atomic E-state index is 13.3. The van der Waals surface area contributed by atoms with Crippen LogP contribution in [0.4, 0.5) is 19.0 Å². The number of aromatic nitrogens is 2. The highest BCUT2D eigenvalue weighted by Gasteiger charge is 2.31. The molecule has 29 heavy (non-hydrogen) atoms. The van der Waals surface area contributed by atoms with E-state index in [0.717, 1.165) is 16.7 Å². The maximum Gasteiger partial charge on any atom is 0.416 e. The van der Waals surface area contributed by atoms with E-state index in [1.807, 2.05) is 0 Å². The Morgan fingerprint density at radius 2 is 1.86 bits per heavy atom. The number of hydrogen-bond acceptors (Lipinski definition) is 5. The number of hydrogen-bond donors (Lipinski definition) is 2. The number of alkyl halides is 3. The van der Waals surface area contributed by atoms with Gasteiger partial charge in [-0.15, -0.1) is 0 Å². The van der Waals surface area contributed by atoms with Crippen LogP contribution >= 0.6 is 0 Å². The number of nitrogens with one attached hydrogen (secondary N) is 1. The zero-order chi connectivity index (χ0) is 21.4. The molecule has 11 heteroatoms. The minimum absolute atomic E-state index is 0.00719. The zero-order valence-corrected chi connectivity index (χ0v) is 16.0. The summed E-state index contributed by atoms with van der Waals surface area (Å²) in [5.41, 5.74) is -0.666. The average Bonchev–Trinajstić information content (AvgIpc) is 2.60. The van der Waals surface area contributed by atoms with Crippen molar-refractivity contribution in [1.29, 1.82) is 0 Å². The van der Waals surface area contributed by atoms with Crippen molar-refractivity contribution in [3.8, 4) is 5.69 Å². The number of sulfonamides is 1. The molecule has 2 aromatic carbocycles. The Morgan fingerprint density at radius 3 is 2.48 bits per heavy atom. The molecule has 0 radical (unpaired) electrons. The second kappa shape index (κ2) is 7.48. The van der Waals surface area contributed by atoms with Crippen LogP contribution in [0.25, 0.3) is 16.6 Å². The van der Waals surface area contributed by atoms with Crippen LogP contribution in [0.15, 0.2) is 47.3 Å². The largest absolute Gasteiger partial charge is 0.416 e. The zero-order valence-electron chi connectivity index (χ0n) is 15.2. The molecule has 0 unspecified atom stereocenters. The number of para-hydroxylation sites is 1. The number of rotatable bonds is 5. The molecule has 3 N–H and O–H groups in total. The predicted molar refractivity (Wildman–Crippen MR) is 104 cm³/mol. The molecule has 0 aliphatic carbocycles. The Bertz CT molecular complexity index is 1240. The summed E-state index contributed by atoms with van der Waals surface area (Å²) in [6.45, 7) is 1.56. The minimum atomic E-state index is -4.61. The molecule has 0 bridgehead atoms. The smallest absolute Gasteiger partial charge is 0.368 e. The van der Waals surface area contributed by atoms with Crippen LogP contribution in [0.5, 0.6) is 0 Å². The van der Waals surface area contributed by atoms with Gasteiger partial charge < -0.3 is 5.32 Å². The van der Waals surface area contributed by atoms with Gasteiger partial charge >= 0.3 is 11.9 Å². The van der Waals surface area contributed by atoms with Gasteiger partial charge in [-0.2, -0.15) is 18.2 Å². The fourth-order valence-electron chi connectivity index (χ4n) is 2.90. The third-order valence-corrected chi connectivity index (χ3v) is 5.03. The molecule has 0 amide bonds. The molecule has 1 heterocycles. The molecule has 3 rings (SSSR count). The lowest BCUT2D eigenvalue weighted by Gasteiger charge is -2.17. The van der Waals surface area contributed by atoms with Crippen molar-refractivity contribution in [2.45, 2.75) is 13.1 Å². The molecule has 7 nitrogen and oxygen atoms in total. The number of anilines is 1. The van der Waals surface area contributed by atoms with Gasteiger partial charge in [0.05, 0.1) is 22.5 Å². The van der Waals surface area contributed by atoms with E-state index in [-0.39, 0.29) is 23.3 Å². The molecule has 0 spiro atoms. The normalized spacial score (nSPS) is 12.3. The lowest BCUT2D eigenvalue weighted by molar-refractivity contribution is -0.137. The molecule has 0 saturated heterocycles. The highest BCUT2D eigenvalue weighted by Crippen LogP contribution is 2.33. The summed E-state index contributed by atoms with van der Waals surface area (Å²) in [5.74, 6) is -0.454. The molecular formula is C18H17F3N4O3S. The first-order chi connectivity index (χ1) is 13.5. The number of fused-ring (bicyclic) bond motifs is 1. The van der Waals surface area contributed by atoms with Crippen LogP contribution < -0.4 is 16.1 Å². The summed E-state index contributed by atoms with van der Waals surface area (Å²) in [4.78, 5) is 16.6. The van der Waals surface area contributed by atoms with Gasteiger partial charge in [0.25, 0.3) is 0 Å². The lowest BCUT2D eigenvalue weighted by atomic mass is 10.1. The standard InChI is InChI=1S/C18H17F3N4O3S/c1-11-4-2-3-5-14(11)25-15-10-12(18(19,20)21)6-7-13(15)16(24-17(25)26)23-8-9-29(22,27)28/h2-7,10H,8-9H2,1H3,(H2,22,27,28)(H,23,24,26). The molecule has 0 atom stereocenters. The van der Waals surface area contributed by atoms with E-state index in [0.29, 0.717) is 11.3 Å². The number of aryl methyl sites for hydroxylation is 1. The van der Waals surface area contributed by atoms with Gasteiger partial charge in [0, 0.05) is 11.9 Å². The molecular weight excluding hydrogens is 409 g/mol. The fourth-order valence-corrected chi connectivity index (χ4v) is 3.28. The van der Waals surface area contributed by atoms with Crippen molar-refractivity contribution in [1.82, 2.24) is 9.55 Å². The van der Waals surface area contributed by atoms with E-state index in [2.05, 4.69) is 10.3 Å². The first kappa shape index (κ1) is 20.8. The highest BCUT2D eigenvalue weighted by atomic mass is 32.2. The molecule has 0 aliphatic heterocycles. The Hall–Kier alpha value is -2.92. The van der Waals surface area contributed by atoms with Crippen LogP contribution in [-0.2, 0) is 16.2 Å². The molecule has 1 aromatic heterocycles. The SMILES string of the molecule is Cc1ccccc1-n1c(=O)nc(NCCS(N)(=O)=O)c2ccc(C(F)(F)F)cc21. The van der Waals surface area contributed by atoms with Crippen molar-refractivity contribution >= 4 is 26.7 Å². The van der Waals surface area contributed by atoms with E-state index in [1.165, 1.54) is 6.07 Å². The Kier molecular flexibility index (Phi) is 5.37. The molecule has 0 aliphatic rings. The van der Waals surface area contributed by atoms with Crippen molar-refractivity contribution in [2.75, 3.05) is 17.6 Å². The topological polar surface area (TPSA) is 107 Å². The Labute approximate surface area is 164 Å². The second-order valence-corrected chi connectivity index (χ2v) is 8.12. The number of benzene rings is 2. The molecule has 154 valence electrons. The lowest BCUT2D eigenvalue weighted by Crippen LogP contribution is -2.27. The Balaban J connectivity index is 2.25. The maximum absolute atomic E-state index is 13.3. The summed E-state index contributed by atoms with van der Waals surface area (Å²) in [6.07, 6.45) is -4.61. The molecule has 0 fully saturated rings. The van der Waals surface area contributed by atoms with Gasteiger partial charge in [0.15, 0.2) is 0 Å². The van der Waals surface area contributed by atoms with Crippen molar-refractivity contribution < 1.29 is 21.6 Å². The van der Waals surface area contributed by atoms with Gasteiger partial charge in [-0.05, 0) is 36.8 Å². The second-order valence-electron chi connectivity index (χ2n) is 6.39. The Morgan fingerprint density at radius 1 is 1.17 bits per heavy atom. The third-order valence-electron chi connectivity index (χ3n) is 4.26. The number of nitrogens with two attached hydrogens (primary N) is 1. The fraction of sp³-hybridized carbons (Fsp3) is 0.222. The van der Waals surface area contributed by atoms with E-state index in [9.17, 15) is 26.4 Å². The van der Waals surface area contributed by atoms with Crippen LogP contribution in [0, 0.1) is 6.92 Å². The van der Waals surface area contributed by atoms with E-state index in [4.69, 9.17) is 5.14 Å². The summed E-state index contributed by atoms with van der Waals surface area (Å²) in [6, 6.07) is 9.66. The summed E-state index contributed by atoms with van der Waals surface area (Å²) < 4.78 is 63.1. The quantitative estimate of drug-likeness (QED) is 0.652. The highest BCUT2D eigenvalue weighted by molar-refractivity contribution is 7.89. The summed E-state index contributed by atoms with van der Waals surface area (Å²) >= 11 is 0. The monoisotopic (exact) mass is 426 g/mol. The van der Waals surface area contributed by atoms with E-state index < -0.39 is 33.2 Å². The van der Waals surface area contributed by atoms with Gasteiger partial charge in [0.1, 0.15) is 5.82 Å². The van der Waals surface area contributed by atoms with Gasteiger partial charge in [-0.25, -0.2) is 18.4 Å². The van der Waals surface area contributed by atoms with Crippen LogP contribution in [-0.4, -0.2) is 30.3 Å². The van der Waals surface area contributed by atoms with Gasteiger partial charge in [0.2, 0.25) is 10.0 Å². The van der Waals surface area contributed by atoms with Crippen molar-refractivity contribution in [2.24, 2.45) is 5.14 Å². The van der Waals surface area contributed by atoms with E-state index >= 15 is 0 Å². The van der Waals surface area contributed by atoms with E-state index in [1.54, 1.807) is 31.2 Å². The van der Waals surface area contributed by atoms with Crippen LogP contribution in [0.1, 0.15) is 11.1 Å². The van der Waals surface area contributed by atoms with Crippen LogP contribution in [0.2, 0.25) is 0 Å². The number of primary sulfonamides is 1. The average molecular weight is 426 g/mol. The van der Waals surface area contributed by atoms with Crippen molar-refractivity contribution in [3.05, 3.63) is 64.1 Å².